The molecule has 0 spiro atoms. The lowest BCUT2D eigenvalue weighted by Gasteiger charge is -2.08. The van der Waals surface area contributed by atoms with Crippen molar-refractivity contribution in [3.8, 4) is 0 Å². The fraction of sp³-hybridized carbons (Fsp3) is 0.467. The van der Waals surface area contributed by atoms with Crippen LogP contribution in [0.1, 0.15) is 35.7 Å². The molecule has 0 aliphatic heterocycles. The van der Waals surface area contributed by atoms with Gasteiger partial charge >= 0.3 is 0 Å². The van der Waals surface area contributed by atoms with Crippen molar-refractivity contribution < 1.29 is 9.59 Å². The molecule has 5 heteroatoms. The summed E-state index contributed by atoms with van der Waals surface area (Å²) in [7, 11) is 1.81. The van der Waals surface area contributed by atoms with Gasteiger partial charge in [0.25, 0.3) is 5.91 Å². The third-order valence-electron chi connectivity index (χ3n) is 2.82. The maximum Gasteiger partial charge on any atom is 0.251 e. The molecule has 20 heavy (non-hydrogen) atoms. The van der Waals surface area contributed by atoms with E-state index in [-0.39, 0.29) is 11.8 Å². The molecular formula is C15H23N3O2. The smallest absolute Gasteiger partial charge is 0.251 e. The van der Waals surface area contributed by atoms with E-state index in [1.165, 1.54) is 0 Å². The zero-order chi connectivity index (χ0) is 14.8. The van der Waals surface area contributed by atoms with Gasteiger partial charge in [0.1, 0.15) is 0 Å². The van der Waals surface area contributed by atoms with Crippen molar-refractivity contribution in [3.05, 3.63) is 35.4 Å². The lowest BCUT2D eigenvalue weighted by molar-refractivity contribution is -0.121. The lowest BCUT2D eigenvalue weighted by Crippen LogP contribution is -2.26. The third-order valence-corrected chi connectivity index (χ3v) is 2.82. The third kappa shape index (κ3) is 5.84. The molecule has 5 nitrogen and oxygen atoms in total. The molecule has 0 fully saturated rings. The summed E-state index contributed by atoms with van der Waals surface area (Å²) in [5.74, 6) is -0.0737. The van der Waals surface area contributed by atoms with Crippen molar-refractivity contribution in [3.63, 3.8) is 0 Å². The van der Waals surface area contributed by atoms with Crippen LogP contribution in [0.5, 0.6) is 0 Å². The second-order valence-electron chi connectivity index (χ2n) is 4.59. The number of amides is 2. The molecule has 1 rings (SSSR count). The molecule has 0 heterocycles. The molecule has 1 aromatic rings. The predicted octanol–water partition coefficient (Wildman–Crippen LogP) is 1.05. The fourth-order valence-corrected chi connectivity index (χ4v) is 1.69. The summed E-state index contributed by atoms with van der Waals surface area (Å²) in [4.78, 5) is 23.3. The average molecular weight is 277 g/mol. The van der Waals surface area contributed by atoms with E-state index in [1.807, 2.05) is 32.2 Å². The summed E-state index contributed by atoms with van der Waals surface area (Å²) in [5.41, 5.74) is 1.55. The zero-order valence-electron chi connectivity index (χ0n) is 12.2. The minimum absolute atomic E-state index is 0.000174. The maximum absolute atomic E-state index is 11.8. The first-order valence-corrected chi connectivity index (χ1v) is 6.95. The van der Waals surface area contributed by atoms with E-state index in [2.05, 4.69) is 16.0 Å². The Bertz CT molecular complexity index is 446. The van der Waals surface area contributed by atoms with Crippen LogP contribution in [0.4, 0.5) is 0 Å². The number of hydrogen-bond donors (Lipinski definition) is 3. The Balaban J connectivity index is 2.51. The molecule has 0 atom stereocenters. The highest BCUT2D eigenvalue weighted by atomic mass is 16.2. The summed E-state index contributed by atoms with van der Waals surface area (Å²) >= 11 is 0. The second kappa shape index (κ2) is 9.09. The van der Waals surface area contributed by atoms with Gasteiger partial charge in [-0.05, 0) is 31.2 Å². The molecule has 0 saturated heterocycles. The van der Waals surface area contributed by atoms with E-state index in [0.717, 1.165) is 12.0 Å². The first-order chi connectivity index (χ1) is 9.67. The largest absolute Gasteiger partial charge is 0.352 e. The Kier molecular flexibility index (Phi) is 7.35. The molecule has 0 radical (unpaired) electrons. The number of benzene rings is 1. The van der Waals surface area contributed by atoms with Gasteiger partial charge in [0.15, 0.2) is 0 Å². The normalized spacial score (nSPS) is 10.1. The molecule has 1 aromatic carbocycles. The van der Waals surface area contributed by atoms with Gasteiger partial charge in [-0.3, -0.25) is 9.59 Å². The Hall–Kier alpha value is -1.88. The summed E-state index contributed by atoms with van der Waals surface area (Å²) in [6.07, 6.45) is 1.36. The number of rotatable bonds is 8. The van der Waals surface area contributed by atoms with E-state index in [0.29, 0.717) is 31.6 Å². The van der Waals surface area contributed by atoms with Gasteiger partial charge in [-0.1, -0.05) is 19.1 Å². The maximum atomic E-state index is 11.8. The lowest BCUT2D eigenvalue weighted by atomic mass is 10.1. The minimum Gasteiger partial charge on any atom is -0.352 e. The van der Waals surface area contributed by atoms with E-state index >= 15 is 0 Å². The molecule has 0 bridgehead atoms. The first-order valence-electron chi connectivity index (χ1n) is 6.95. The van der Waals surface area contributed by atoms with Gasteiger partial charge in [-0.2, -0.15) is 0 Å². The van der Waals surface area contributed by atoms with Crippen LogP contribution in [0.2, 0.25) is 0 Å². The van der Waals surface area contributed by atoms with Crippen molar-refractivity contribution in [2.45, 2.75) is 26.3 Å². The number of carbonyl (C=O) groups excluding carboxylic acids is 2. The van der Waals surface area contributed by atoms with Gasteiger partial charge in [-0.25, -0.2) is 0 Å². The molecule has 0 unspecified atom stereocenters. The predicted molar refractivity (Wildman–Crippen MR) is 79.5 cm³/mol. The van der Waals surface area contributed by atoms with Gasteiger partial charge < -0.3 is 16.0 Å². The molecule has 0 aromatic heterocycles. The summed E-state index contributed by atoms with van der Waals surface area (Å²) in [6, 6.07) is 7.31. The van der Waals surface area contributed by atoms with Crippen molar-refractivity contribution in [2.75, 3.05) is 20.1 Å². The SMILES string of the molecule is CCCNC(=O)c1cccc(CNC(=O)CCNC)c1. The Morgan fingerprint density at radius 1 is 1.15 bits per heavy atom. The van der Waals surface area contributed by atoms with Crippen LogP contribution in [0.3, 0.4) is 0 Å². The highest BCUT2D eigenvalue weighted by Gasteiger charge is 2.06. The van der Waals surface area contributed by atoms with Crippen LogP contribution in [0.25, 0.3) is 0 Å². The Morgan fingerprint density at radius 3 is 2.65 bits per heavy atom. The van der Waals surface area contributed by atoms with Gasteiger partial charge in [0.2, 0.25) is 5.91 Å². The monoisotopic (exact) mass is 277 g/mol. The zero-order valence-corrected chi connectivity index (χ0v) is 12.2. The number of carbonyl (C=O) groups is 2. The summed E-state index contributed by atoms with van der Waals surface area (Å²) < 4.78 is 0. The molecule has 0 aliphatic rings. The topological polar surface area (TPSA) is 70.2 Å². The van der Waals surface area contributed by atoms with Crippen LogP contribution >= 0.6 is 0 Å². The summed E-state index contributed by atoms with van der Waals surface area (Å²) in [5, 5.41) is 8.59. The second-order valence-corrected chi connectivity index (χ2v) is 4.59. The van der Waals surface area contributed by atoms with Gasteiger partial charge in [0, 0.05) is 31.6 Å². The molecule has 0 saturated carbocycles. The van der Waals surface area contributed by atoms with E-state index < -0.39 is 0 Å². The standard InChI is InChI=1S/C15H23N3O2/c1-3-8-17-15(20)13-6-4-5-12(10-13)11-18-14(19)7-9-16-2/h4-6,10,16H,3,7-9,11H2,1-2H3,(H,17,20)(H,18,19). The number of nitrogens with one attached hydrogen (secondary N) is 3. The summed E-state index contributed by atoms with van der Waals surface area (Å²) in [6.45, 7) is 3.78. The van der Waals surface area contributed by atoms with Crippen molar-refractivity contribution >= 4 is 11.8 Å². The molecule has 0 aliphatic carbocycles. The van der Waals surface area contributed by atoms with Crippen LogP contribution in [-0.2, 0) is 11.3 Å². The van der Waals surface area contributed by atoms with Crippen LogP contribution in [0, 0.1) is 0 Å². The molecule has 3 N–H and O–H groups in total. The molecule has 2 amide bonds. The van der Waals surface area contributed by atoms with E-state index in [4.69, 9.17) is 0 Å². The molecular weight excluding hydrogens is 254 g/mol. The van der Waals surface area contributed by atoms with Crippen molar-refractivity contribution in [2.24, 2.45) is 0 Å². The van der Waals surface area contributed by atoms with E-state index in [9.17, 15) is 9.59 Å². The Morgan fingerprint density at radius 2 is 1.95 bits per heavy atom. The van der Waals surface area contributed by atoms with Crippen LogP contribution in [-0.4, -0.2) is 32.0 Å². The van der Waals surface area contributed by atoms with Crippen molar-refractivity contribution in [1.82, 2.24) is 16.0 Å². The van der Waals surface area contributed by atoms with Crippen LogP contribution in [0.15, 0.2) is 24.3 Å². The highest BCUT2D eigenvalue weighted by molar-refractivity contribution is 5.94. The quantitative estimate of drug-likeness (QED) is 0.665. The van der Waals surface area contributed by atoms with Crippen LogP contribution < -0.4 is 16.0 Å². The Labute approximate surface area is 120 Å². The molecule has 110 valence electrons. The van der Waals surface area contributed by atoms with Gasteiger partial charge in [0.05, 0.1) is 0 Å². The van der Waals surface area contributed by atoms with Gasteiger partial charge in [-0.15, -0.1) is 0 Å². The highest BCUT2D eigenvalue weighted by Crippen LogP contribution is 2.05. The number of hydrogen-bond acceptors (Lipinski definition) is 3. The van der Waals surface area contributed by atoms with Crippen molar-refractivity contribution in [1.29, 1.82) is 0 Å². The fourth-order valence-electron chi connectivity index (χ4n) is 1.69. The average Bonchev–Trinajstić information content (AvgIpc) is 2.48. The first kappa shape index (κ1) is 16.2. The van der Waals surface area contributed by atoms with E-state index in [1.54, 1.807) is 6.07 Å². The minimum atomic E-state index is -0.0739.